The number of hydrogen-bond acceptors (Lipinski definition) is 5. The van der Waals surface area contributed by atoms with E-state index in [4.69, 9.17) is 0 Å². The fraction of sp³-hybridized carbons (Fsp3) is 0.294. The average molecular weight is 380 g/mol. The van der Waals surface area contributed by atoms with Crippen LogP contribution < -0.4 is 0 Å². The first-order chi connectivity index (χ1) is 11.8. The van der Waals surface area contributed by atoms with Crippen LogP contribution in [0.25, 0.3) is 0 Å². The number of nitro benzene ring substituents is 1. The van der Waals surface area contributed by atoms with E-state index in [1.54, 1.807) is 12.1 Å². The van der Waals surface area contributed by atoms with Crippen molar-refractivity contribution in [2.45, 2.75) is 36.0 Å². The fourth-order valence-electron chi connectivity index (χ4n) is 2.18. The third kappa shape index (κ3) is 4.59. The molecule has 25 heavy (non-hydrogen) atoms. The molecule has 0 aliphatic heterocycles. The summed E-state index contributed by atoms with van der Waals surface area (Å²) in [7, 11) is -2.19. The average Bonchev–Trinajstić information content (AvgIpc) is 2.61. The summed E-state index contributed by atoms with van der Waals surface area (Å²) in [6, 6.07) is 12.7. The lowest BCUT2D eigenvalue weighted by molar-refractivity contribution is -0.384. The zero-order valence-corrected chi connectivity index (χ0v) is 15.9. The molecule has 0 bridgehead atoms. The molecule has 2 aromatic carbocycles. The minimum atomic E-state index is -3.65. The largest absolute Gasteiger partial charge is 0.269 e. The fourth-order valence-corrected chi connectivity index (χ4v) is 4.42. The highest BCUT2D eigenvalue weighted by Crippen LogP contribution is 2.29. The lowest BCUT2D eigenvalue weighted by atomic mass is 9.99. The van der Waals surface area contributed by atoms with Gasteiger partial charge in [0.15, 0.2) is 0 Å². The van der Waals surface area contributed by atoms with Gasteiger partial charge in [0, 0.05) is 24.1 Å². The van der Waals surface area contributed by atoms with Gasteiger partial charge < -0.3 is 0 Å². The number of rotatable bonds is 7. The number of nitro groups is 1. The molecule has 0 aliphatic carbocycles. The van der Waals surface area contributed by atoms with Gasteiger partial charge in [-0.3, -0.25) is 10.1 Å². The number of hydrogen-bond donors (Lipinski definition) is 0. The quantitative estimate of drug-likeness (QED) is 0.403. The molecule has 0 amide bonds. The van der Waals surface area contributed by atoms with E-state index in [0.29, 0.717) is 10.8 Å². The highest BCUT2D eigenvalue weighted by molar-refractivity contribution is 8.08. The summed E-state index contributed by atoms with van der Waals surface area (Å²) in [5, 5.41) is 10.7. The number of sulfonamides is 1. The number of nitrogens with zero attached hydrogens (tertiary/aromatic N) is 2. The molecular formula is C17H20N2O4S2. The molecule has 0 saturated heterocycles. The van der Waals surface area contributed by atoms with Gasteiger partial charge in [-0.1, -0.05) is 26.0 Å². The van der Waals surface area contributed by atoms with Crippen LogP contribution in [0.3, 0.4) is 0 Å². The molecule has 1 atom stereocenters. The van der Waals surface area contributed by atoms with Crippen molar-refractivity contribution >= 4 is 27.7 Å². The second-order valence-corrected chi connectivity index (χ2v) is 9.04. The highest BCUT2D eigenvalue weighted by Gasteiger charge is 2.22. The van der Waals surface area contributed by atoms with Gasteiger partial charge in [-0.2, -0.15) is 0 Å². The van der Waals surface area contributed by atoms with Crippen LogP contribution in [-0.2, 0) is 10.0 Å². The maximum atomic E-state index is 12.7. The predicted molar refractivity (Wildman–Crippen MR) is 99.1 cm³/mol. The molecule has 134 valence electrons. The Morgan fingerprint density at radius 2 is 1.68 bits per heavy atom. The Balaban J connectivity index is 2.16. The van der Waals surface area contributed by atoms with E-state index in [2.05, 4.69) is 13.8 Å². The van der Waals surface area contributed by atoms with Crippen molar-refractivity contribution in [2.75, 3.05) is 7.05 Å². The summed E-state index contributed by atoms with van der Waals surface area (Å²) in [5.41, 5.74) is 1.07. The van der Waals surface area contributed by atoms with Crippen LogP contribution in [0.4, 0.5) is 5.69 Å². The highest BCUT2D eigenvalue weighted by atomic mass is 32.3. The Kier molecular flexibility index (Phi) is 6.21. The first-order valence-electron chi connectivity index (χ1n) is 7.77. The monoisotopic (exact) mass is 380 g/mol. The van der Waals surface area contributed by atoms with Gasteiger partial charge in [-0.15, -0.1) is 3.71 Å². The van der Waals surface area contributed by atoms with Crippen molar-refractivity contribution in [3.8, 4) is 0 Å². The zero-order valence-electron chi connectivity index (χ0n) is 14.2. The summed E-state index contributed by atoms with van der Waals surface area (Å²) >= 11 is 1.00. The summed E-state index contributed by atoms with van der Waals surface area (Å²) in [6.07, 6.45) is 0.988. The van der Waals surface area contributed by atoms with Gasteiger partial charge in [0.05, 0.1) is 9.82 Å². The molecule has 0 aromatic heterocycles. The standard InChI is InChI=1S/C17H20N2O4S2/c1-4-13(2)14-5-11-17(12-6-14)25(22,23)18(3)24-16-9-7-15(8-10-16)19(20)21/h5-13H,4H2,1-3H3. The molecule has 0 spiro atoms. The van der Waals surface area contributed by atoms with Crippen molar-refractivity contribution in [2.24, 2.45) is 0 Å². The SMILES string of the molecule is CCC(C)c1ccc(S(=O)(=O)N(C)Sc2ccc([N+](=O)[O-])cc2)cc1. The van der Waals surface area contributed by atoms with Crippen LogP contribution in [0.1, 0.15) is 31.7 Å². The summed E-state index contributed by atoms with van der Waals surface area (Å²) in [4.78, 5) is 11.0. The van der Waals surface area contributed by atoms with E-state index < -0.39 is 14.9 Å². The van der Waals surface area contributed by atoms with Crippen LogP contribution in [-0.4, -0.2) is 24.1 Å². The van der Waals surface area contributed by atoms with E-state index in [-0.39, 0.29) is 10.6 Å². The maximum Gasteiger partial charge on any atom is 0.269 e. The molecular weight excluding hydrogens is 360 g/mol. The van der Waals surface area contributed by atoms with E-state index in [0.717, 1.165) is 27.6 Å². The van der Waals surface area contributed by atoms with Crippen LogP contribution in [0.15, 0.2) is 58.3 Å². The molecule has 0 saturated carbocycles. The Morgan fingerprint density at radius 3 is 2.16 bits per heavy atom. The molecule has 0 fully saturated rings. The summed E-state index contributed by atoms with van der Waals surface area (Å²) in [6.45, 7) is 4.18. The van der Waals surface area contributed by atoms with Crippen molar-refractivity contribution in [1.29, 1.82) is 0 Å². The third-order valence-electron chi connectivity index (χ3n) is 3.98. The predicted octanol–water partition coefficient (Wildman–Crippen LogP) is 4.44. The van der Waals surface area contributed by atoms with Crippen LogP contribution >= 0.6 is 11.9 Å². The van der Waals surface area contributed by atoms with E-state index in [1.165, 1.54) is 31.3 Å². The van der Waals surface area contributed by atoms with E-state index >= 15 is 0 Å². The Labute approximate surface area is 152 Å². The second kappa shape index (κ2) is 7.99. The minimum absolute atomic E-state index is 0.0320. The second-order valence-electron chi connectivity index (χ2n) is 5.64. The molecule has 0 heterocycles. The lowest BCUT2D eigenvalue weighted by Crippen LogP contribution is -2.20. The Hall–Kier alpha value is -1.90. The normalized spacial score (nSPS) is 13.0. The zero-order chi connectivity index (χ0) is 18.6. The van der Waals surface area contributed by atoms with Crippen LogP contribution in [0.2, 0.25) is 0 Å². The van der Waals surface area contributed by atoms with Crippen LogP contribution in [0, 0.1) is 10.1 Å². The van der Waals surface area contributed by atoms with Crippen molar-refractivity contribution in [1.82, 2.24) is 3.71 Å². The van der Waals surface area contributed by atoms with E-state index in [9.17, 15) is 18.5 Å². The summed E-state index contributed by atoms with van der Waals surface area (Å²) < 4.78 is 26.5. The van der Waals surface area contributed by atoms with E-state index in [1.807, 2.05) is 12.1 Å². The van der Waals surface area contributed by atoms with Crippen molar-refractivity contribution in [3.05, 3.63) is 64.2 Å². The Morgan fingerprint density at radius 1 is 1.12 bits per heavy atom. The van der Waals surface area contributed by atoms with Gasteiger partial charge in [0.2, 0.25) is 0 Å². The van der Waals surface area contributed by atoms with Crippen LogP contribution in [0.5, 0.6) is 0 Å². The molecule has 8 heteroatoms. The first kappa shape index (κ1) is 19.4. The number of non-ortho nitro benzene ring substituents is 1. The van der Waals surface area contributed by atoms with Gasteiger partial charge in [0.1, 0.15) is 0 Å². The first-order valence-corrected chi connectivity index (χ1v) is 9.98. The molecule has 0 N–H and O–H groups in total. The molecule has 6 nitrogen and oxygen atoms in total. The molecule has 0 aliphatic rings. The molecule has 2 aromatic rings. The minimum Gasteiger partial charge on any atom is -0.258 e. The van der Waals surface area contributed by atoms with Gasteiger partial charge >= 0.3 is 0 Å². The summed E-state index contributed by atoms with van der Waals surface area (Å²) in [5.74, 6) is 0.379. The maximum absolute atomic E-state index is 12.7. The van der Waals surface area contributed by atoms with Gasteiger partial charge in [0.25, 0.3) is 15.7 Å². The van der Waals surface area contributed by atoms with Gasteiger partial charge in [-0.25, -0.2) is 8.42 Å². The lowest BCUT2D eigenvalue weighted by Gasteiger charge is -2.17. The molecule has 1 unspecified atom stereocenters. The smallest absolute Gasteiger partial charge is 0.258 e. The Bertz CT molecular complexity index is 834. The third-order valence-corrected chi connectivity index (χ3v) is 7.08. The van der Waals surface area contributed by atoms with Crippen molar-refractivity contribution in [3.63, 3.8) is 0 Å². The van der Waals surface area contributed by atoms with Gasteiger partial charge in [-0.05, 0) is 54.1 Å². The topological polar surface area (TPSA) is 80.5 Å². The molecule has 0 radical (unpaired) electrons. The number of benzene rings is 2. The van der Waals surface area contributed by atoms with Crippen molar-refractivity contribution < 1.29 is 13.3 Å². The molecule has 2 rings (SSSR count).